The molecular weight excluding hydrogens is 677 g/mol. The van der Waals surface area contributed by atoms with E-state index in [-0.39, 0.29) is 0 Å². The summed E-state index contributed by atoms with van der Waals surface area (Å²) in [6, 6.07) is -33.5. The minimum absolute atomic E-state index is 0.654. The van der Waals surface area contributed by atoms with Crippen LogP contribution in [0.1, 0.15) is 48.0 Å². The van der Waals surface area contributed by atoms with Crippen molar-refractivity contribution in [1.82, 2.24) is 9.13 Å². The van der Waals surface area contributed by atoms with E-state index in [0.717, 1.165) is 6.07 Å². The zero-order valence-electron chi connectivity index (χ0n) is 63.0. The van der Waals surface area contributed by atoms with E-state index in [1.807, 2.05) is 0 Å². The zero-order valence-corrected chi connectivity index (χ0v) is 28.0. The molecule has 2 heterocycles. The van der Waals surface area contributed by atoms with Crippen molar-refractivity contribution in [2.75, 3.05) is 0 Å². The lowest BCUT2D eigenvalue weighted by molar-refractivity contribution is 1.18. The average Bonchev–Trinajstić information content (AvgIpc) is 1.57. The first-order chi connectivity index (χ1) is 42.4. The maximum Gasteiger partial charge on any atom is 0.0651 e. The molecule has 11 aromatic rings. The number of hydrogen-bond acceptors (Lipinski definition) is 0. The van der Waals surface area contributed by atoms with Crippen LogP contribution in [-0.2, 0) is 0 Å². The molecule has 0 saturated heterocycles. The van der Waals surface area contributed by atoms with Gasteiger partial charge in [0, 0.05) is 32.9 Å². The standard InChI is InChI=1S/C54H36N2/c1-3-13-37(14-4-1)39-25-27-40(28-26-39)42-18-12-20-46(34-42)56-52-24-10-8-22-48(52)50-36-44(30-32-54(50)56)43-29-31-53-49(35-43)47-21-7-9-23-51(47)55(53)45-19-11-17-41(33-45)38-15-5-2-6-16-38/h1-36H/i1D,2D,3D,4D,5D,6D,7D,8D,9D,10D,11D,12D,13D,14D,15D,16D,17D,19D,20D,21D,22D,23D,24D,25D,26D,27D,28D,29D,30D,31D,32D,33D,34D,35D,36D. The van der Waals surface area contributed by atoms with Crippen LogP contribution in [0.15, 0.2) is 218 Å². The fourth-order valence-corrected chi connectivity index (χ4v) is 6.24. The van der Waals surface area contributed by atoms with Gasteiger partial charge in [0.2, 0.25) is 0 Å². The normalized spacial score (nSPS) is 20.3. The van der Waals surface area contributed by atoms with Crippen molar-refractivity contribution in [2.24, 2.45) is 0 Å². The van der Waals surface area contributed by atoms with Crippen molar-refractivity contribution in [3.05, 3.63) is 218 Å². The van der Waals surface area contributed by atoms with Crippen LogP contribution in [0.25, 0.3) is 99.5 Å². The molecule has 11 rings (SSSR count). The molecule has 0 fully saturated rings. The Bertz CT molecular complexity index is 5210. The molecule has 0 N–H and O–H groups in total. The summed E-state index contributed by atoms with van der Waals surface area (Å²) in [7, 11) is 0. The SMILES string of the molecule is [2H]c1cc(-c2c([2H])c([2H])c(-c3c([2H])c([2H])c([2H])c([2H])c3[2H])c([2H])c2[2H])c([2H])c(-n2c3c([2H])c([2H])c([2H])c([2H])c3c3c([2H])c(-c4c([2H])c([2H])c5c(c4[2H])c4c([2H])c([2H])c([2H])c([2H])c4n5-c4c([2H])c([2H])c([2H])c(-c5c([2H])c([2H])c([2H])c([2H])c5[2H])c4[2H])c([2H])c([2H])c32)c1[2H]. The van der Waals surface area contributed by atoms with Crippen molar-refractivity contribution >= 4 is 43.6 Å². The highest BCUT2D eigenvalue weighted by Crippen LogP contribution is 2.39. The van der Waals surface area contributed by atoms with Gasteiger partial charge in [0.15, 0.2) is 0 Å². The minimum Gasteiger partial charge on any atom is -0.309 e. The van der Waals surface area contributed by atoms with Gasteiger partial charge in [0.05, 0.1) is 70.0 Å². The Balaban J connectivity index is 1.27. The van der Waals surface area contributed by atoms with Gasteiger partial charge in [-0.1, -0.05) is 157 Å². The number of para-hydroxylation sites is 2. The van der Waals surface area contributed by atoms with E-state index in [1.165, 1.54) is 0 Å². The molecule has 0 radical (unpaired) electrons. The molecule has 0 aliphatic rings. The van der Waals surface area contributed by atoms with E-state index >= 15 is 0 Å². The van der Waals surface area contributed by atoms with Gasteiger partial charge in [-0.05, 0) is 105 Å². The second-order valence-electron chi connectivity index (χ2n) is 11.8. The number of aromatic nitrogens is 2. The Morgan fingerprint density at radius 2 is 0.625 bits per heavy atom. The summed E-state index contributed by atoms with van der Waals surface area (Å²) in [5.74, 6) is 0. The minimum atomic E-state index is -1.14. The number of rotatable bonds is 6. The fraction of sp³-hybridized carbons (Fsp3) is 0. The van der Waals surface area contributed by atoms with Crippen LogP contribution in [0.2, 0.25) is 0 Å². The summed E-state index contributed by atoms with van der Waals surface area (Å²) < 4.78 is 317. The van der Waals surface area contributed by atoms with Gasteiger partial charge < -0.3 is 9.13 Å². The summed E-state index contributed by atoms with van der Waals surface area (Å²) in [6.45, 7) is 0. The lowest BCUT2D eigenvalue weighted by atomic mass is 10.00. The van der Waals surface area contributed by atoms with Crippen LogP contribution in [0.3, 0.4) is 0 Å². The smallest absolute Gasteiger partial charge is 0.0651 e. The number of hydrogen-bond donors (Lipinski definition) is 0. The van der Waals surface area contributed by atoms with E-state index in [0.29, 0.717) is 9.13 Å². The van der Waals surface area contributed by atoms with Crippen LogP contribution in [0, 0.1) is 0 Å². The Morgan fingerprint density at radius 3 is 1.20 bits per heavy atom. The molecule has 56 heavy (non-hydrogen) atoms. The molecule has 0 atom stereocenters. The third-order valence-corrected chi connectivity index (χ3v) is 8.68. The van der Waals surface area contributed by atoms with E-state index in [4.69, 9.17) is 28.8 Å². The second kappa shape index (κ2) is 13.2. The van der Waals surface area contributed by atoms with Gasteiger partial charge in [-0.25, -0.2) is 0 Å². The average molecular weight is 748 g/mol. The summed E-state index contributed by atoms with van der Waals surface area (Å²) in [5, 5.41) is -2.79. The van der Waals surface area contributed by atoms with Crippen molar-refractivity contribution < 1.29 is 48.0 Å². The third kappa shape index (κ3) is 5.34. The highest BCUT2D eigenvalue weighted by Gasteiger charge is 2.17. The topological polar surface area (TPSA) is 9.86 Å². The third-order valence-electron chi connectivity index (χ3n) is 8.68. The van der Waals surface area contributed by atoms with E-state index in [2.05, 4.69) is 0 Å². The molecule has 0 aliphatic carbocycles. The van der Waals surface area contributed by atoms with Gasteiger partial charge in [-0.2, -0.15) is 0 Å². The van der Waals surface area contributed by atoms with Gasteiger partial charge in [0.25, 0.3) is 0 Å². The zero-order chi connectivity index (χ0) is 67.5. The first-order valence-electron chi connectivity index (χ1n) is 33.9. The van der Waals surface area contributed by atoms with Crippen molar-refractivity contribution in [2.45, 2.75) is 0 Å². The molecule has 0 unspecified atom stereocenters. The second-order valence-corrected chi connectivity index (χ2v) is 11.8. The van der Waals surface area contributed by atoms with E-state index in [9.17, 15) is 19.2 Å². The predicted octanol–water partition coefficient (Wildman–Crippen LogP) is 14.5. The van der Waals surface area contributed by atoms with Gasteiger partial charge in [-0.15, -0.1) is 0 Å². The summed E-state index contributed by atoms with van der Waals surface area (Å²) in [5.41, 5.74) is -11.1. The lowest BCUT2D eigenvalue weighted by Gasteiger charge is -2.12. The molecule has 2 nitrogen and oxygen atoms in total. The quantitative estimate of drug-likeness (QED) is 0.160. The highest BCUT2D eigenvalue weighted by molar-refractivity contribution is 6.12. The molecule has 0 saturated carbocycles. The molecule has 0 amide bonds. The molecule has 9 aromatic carbocycles. The van der Waals surface area contributed by atoms with Gasteiger partial charge >= 0.3 is 0 Å². The van der Waals surface area contributed by atoms with Crippen LogP contribution in [0.5, 0.6) is 0 Å². The van der Waals surface area contributed by atoms with Crippen LogP contribution >= 0.6 is 0 Å². The molecule has 0 aliphatic heterocycles. The Hall–Kier alpha value is -7.42. The van der Waals surface area contributed by atoms with Crippen LogP contribution in [0.4, 0.5) is 0 Å². The molecule has 0 bridgehead atoms. The van der Waals surface area contributed by atoms with Crippen molar-refractivity contribution in [3.8, 4) is 55.9 Å². The molecule has 2 aromatic heterocycles. The molecule has 262 valence electrons. The lowest BCUT2D eigenvalue weighted by Crippen LogP contribution is -1.94. The van der Waals surface area contributed by atoms with Crippen molar-refractivity contribution in [1.29, 1.82) is 0 Å². The first kappa shape index (κ1) is 12.6. The Labute approximate surface area is 375 Å². The maximum absolute atomic E-state index is 9.98. The number of nitrogens with zero attached hydrogens (tertiary/aromatic N) is 2. The van der Waals surface area contributed by atoms with Crippen LogP contribution < -0.4 is 0 Å². The first-order valence-corrected chi connectivity index (χ1v) is 16.4. The number of benzene rings is 9. The van der Waals surface area contributed by atoms with E-state index < -0.39 is 311 Å². The maximum atomic E-state index is 9.98. The Kier molecular flexibility index (Phi) is 2.95. The summed E-state index contributed by atoms with van der Waals surface area (Å²) >= 11 is 0. The molecular formula is C54H36N2. The Morgan fingerprint density at radius 1 is 0.250 bits per heavy atom. The summed E-state index contributed by atoms with van der Waals surface area (Å²) in [4.78, 5) is 0. The monoisotopic (exact) mass is 748 g/mol. The molecule has 0 spiro atoms. The van der Waals surface area contributed by atoms with E-state index in [1.54, 1.807) is 0 Å². The predicted molar refractivity (Wildman–Crippen MR) is 237 cm³/mol. The van der Waals surface area contributed by atoms with Gasteiger partial charge in [-0.3, -0.25) is 0 Å². The van der Waals surface area contributed by atoms with Gasteiger partial charge in [0.1, 0.15) is 0 Å². The summed E-state index contributed by atoms with van der Waals surface area (Å²) in [6.07, 6.45) is 0. The molecule has 2 heteroatoms. The number of fused-ring (bicyclic) bond motifs is 6. The van der Waals surface area contributed by atoms with Crippen molar-refractivity contribution in [3.63, 3.8) is 0 Å². The van der Waals surface area contributed by atoms with Crippen LogP contribution in [-0.4, -0.2) is 9.13 Å². The fourth-order valence-electron chi connectivity index (χ4n) is 6.24. The highest BCUT2D eigenvalue weighted by atomic mass is 15.0. The largest absolute Gasteiger partial charge is 0.309 e.